The van der Waals surface area contributed by atoms with Crippen molar-refractivity contribution < 1.29 is 14.6 Å². The molecule has 98 valence electrons. The van der Waals surface area contributed by atoms with E-state index < -0.39 is 12.0 Å². The number of benzene rings is 1. The third kappa shape index (κ3) is 3.15. The number of rotatable bonds is 5. The molecule has 2 rings (SSSR count). The summed E-state index contributed by atoms with van der Waals surface area (Å²) in [6, 6.07) is 3.04. The molecule has 1 aromatic rings. The molecule has 18 heavy (non-hydrogen) atoms. The van der Waals surface area contributed by atoms with Crippen molar-refractivity contribution >= 4 is 17.6 Å². The van der Waals surface area contributed by atoms with Gasteiger partial charge in [-0.3, -0.25) is 4.79 Å². The Morgan fingerprint density at radius 3 is 2.83 bits per heavy atom. The first-order valence-corrected chi connectivity index (χ1v) is 6.29. The number of carboxylic acids is 1. The zero-order chi connectivity index (χ0) is 13.3. The Bertz CT molecular complexity index is 472. The first-order chi connectivity index (χ1) is 8.47. The van der Waals surface area contributed by atoms with E-state index in [9.17, 15) is 4.79 Å². The van der Waals surface area contributed by atoms with Crippen molar-refractivity contribution in [2.45, 2.75) is 38.3 Å². The Labute approximate surface area is 111 Å². The molecule has 0 aromatic heterocycles. The summed E-state index contributed by atoms with van der Waals surface area (Å²) in [7, 11) is 0. The van der Waals surface area contributed by atoms with Crippen LogP contribution in [0.5, 0.6) is 5.75 Å². The molecular weight excluding hydrogens is 254 g/mol. The molecule has 1 aromatic carbocycles. The van der Waals surface area contributed by atoms with Crippen LogP contribution in [0.2, 0.25) is 5.02 Å². The zero-order valence-electron chi connectivity index (χ0n) is 10.1. The SMILES string of the molecule is Cc1cc(Cl)c(OC2CC2)c(C(N)CC(=O)O)c1. The van der Waals surface area contributed by atoms with Crippen molar-refractivity contribution in [3.63, 3.8) is 0 Å². The van der Waals surface area contributed by atoms with Gasteiger partial charge in [-0.15, -0.1) is 0 Å². The van der Waals surface area contributed by atoms with Crippen LogP contribution in [-0.4, -0.2) is 17.2 Å². The minimum Gasteiger partial charge on any atom is -0.489 e. The summed E-state index contributed by atoms with van der Waals surface area (Å²) in [5, 5.41) is 9.31. The molecule has 0 amide bonds. The maximum atomic E-state index is 10.7. The van der Waals surface area contributed by atoms with Crippen LogP contribution in [0.1, 0.15) is 36.4 Å². The molecular formula is C13H16ClNO3. The number of ether oxygens (including phenoxy) is 1. The van der Waals surface area contributed by atoms with Crippen molar-refractivity contribution in [1.29, 1.82) is 0 Å². The molecule has 3 N–H and O–H groups in total. The van der Waals surface area contributed by atoms with Gasteiger partial charge in [0.2, 0.25) is 0 Å². The van der Waals surface area contributed by atoms with Crippen LogP contribution < -0.4 is 10.5 Å². The molecule has 4 nitrogen and oxygen atoms in total. The molecule has 5 heteroatoms. The minimum atomic E-state index is -0.933. The molecule has 0 radical (unpaired) electrons. The number of carbonyl (C=O) groups is 1. The number of nitrogens with two attached hydrogens (primary N) is 1. The van der Waals surface area contributed by atoms with E-state index in [4.69, 9.17) is 27.2 Å². The third-order valence-electron chi connectivity index (χ3n) is 2.82. The fraction of sp³-hybridized carbons (Fsp3) is 0.462. The molecule has 0 heterocycles. The van der Waals surface area contributed by atoms with Crippen LogP contribution in [0, 0.1) is 6.92 Å². The summed E-state index contributed by atoms with van der Waals surface area (Å²) < 4.78 is 5.74. The average Bonchev–Trinajstić information content (AvgIpc) is 3.04. The maximum absolute atomic E-state index is 10.7. The lowest BCUT2D eigenvalue weighted by Gasteiger charge is -2.18. The molecule has 1 aliphatic carbocycles. The van der Waals surface area contributed by atoms with Crippen LogP contribution in [-0.2, 0) is 4.79 Å². The van der Waals surface area contributed by atoms with Gasteiger partial charge in [0.25, 0.3) is 0 Å². The van der Waals surface area contributed by atoms with Crippen LogP contribution >= 0.6 is 11.6 Å². The van der Waals surface area contributed by atoms with E-state index in [1.165, 1.54) is 0 Å². The van der Waals surface area contributed by atoms with Gasteiger partial charge < -0.3 is 15.6 Å². The van der Waals surface area contributed by atoms with Gasteiger partial charge >= 0.3 is 5.97 Å². The second kappa shape index (κ2) is 5.16. The predicted octanol–water partition coefficient (Wildman–Crippen LogP) is 2.66. The van der Waals surface area contributed by atoms with Crippen molar-refractivity contribution in [3.05, 3.63) is 28.3 Å². The highest BCUT2D eigenvalue weighted by atomic mass is 35.5. The highest BCUT2D eigenvalue weighted by Gasteiger charge is 2.27. The fourth-order valence-corrected chi connectivity index (χ4v) is 2.13. The molecule has 1 saturated carbocycles. The Morgan fingerprint density at radius 1 is 1.61 bits per heavy atom. The maximum Gasteiger partial charge on any atom is 0.305 e. The average molecular weight is 270 g/mol. The minimum absolute atomic E-state index is 0.138. The second-order valence-corrected chi connectivity index (χ2v) is 5.09. The Hall–Kier alpha value is -1.26. The number of aliphatic carboxylic acids is 1. The molecule has 0 aliphatic heterocycles. The van der Waals surface area contributed by atoms with E-state index in [1.807, 2.05) is 13.0 Å². The van der Waals surface area contributed by atoms with Gasteiger partial charge in [0.05, 0.1) is 17.5 Å². The van der Waals surface area contributed by atoms with E-state index in [-0.39, 0.29) is 12.5 Å². The summed E-state index contributed by atoms with van der Waals surface area (Å²) in [5.41, 5.74) is 7.53. The summed E-state index contributed by atoms with van der Waals surface area (Å²) in [6.45, 7) is 1.89. The summed E-state index contributed by atoms with van der Waals surface area (Å²) in [5.74, 6) is -0.393. The molecule has 1 fully saturated rings. The second-order valence-electron chi connectivity index (χ2n) is 4.69. The number of hydrogen-bond donors (Lipinski definition) is 2. The third-order valence-corrected chi connectivity index (χ3v) is 3.10. The normalized spacial score (nSPS) is 16.4. The van der Waals surface area contributed by atoms with Gasteiger partial charge in [0, 0.05) is 11.6 Å². The zero-order valence-corrected chi connectivity index (χ0v) is 10.9. The van der Waals surface area contributed by atoms with Gasteiger partial charge in [0.15, 0.2) is 0 Å². The monoisotopic (exact) mass is 269 g/mol. The first kappa shape index (κ1) is 13.2. The molecule has 1 unspecified atom stereocenters. The summed E-state index contributed by atoms with van der Waals surface area (Å²) in [6.07, 6.45) is 2.08. The van der Waals surface area contributed by atoms with Gasteiger partial charge in [-0.1, -0.05) is 17.7 Å². The van der Waals surface area contributed by atoms with Crippen molar-refractivity contribution in [3.8, 4) is 5.75 Å². The highest BCUT2D eigenvalue weighted by Crippen LogP contribution is 2.38. The smallest absolute Gasteiger partial charge is 0.305 e. The highest BCUT2D eigenvalue weighted by molar-refractivity contribution is 6.32. The largest absolute Gasteiger partial charge is 0.489 e. The number of carboxylic acid groups (broad SMARTS) is 1. The van der Waals surface area contributed by atoms with E-state index in [1.54, 1.807) is 6.07 Å². The standard InChI is InChI=1S/C13H16ClNO3/c1-7-4-9(11(15)6-12(16)17)13(10(14)5-7)18-8-2-3-8/h4-5,8,11H,2-3,6,15H2,1H3,(H,16,17). The lowest BCUT2D eigenvalue weighted by Crippen LogP contribution is -2.17. The van der Waals surface area contributed by atoms with Crippen molar-refractivity contribution in [1.82, 2.24) is 0 Å². The number of hydrogen-bond acceptors (Lipinski definition) is 3. The van der Waals surface area contributed by atoms with Gasteiger partial charge in [-0.25, -0.2) is 0 Å². The van der Waals surface area contributed by atoms with Crippen LogP contribution in [0.15, 0.2) is 12.1 Å². The summed E-state index contributed by atoms with van der Waals surface area (Å²) in [4.78, 5) is 10.7. The van der Waals surface area contributed by atoms with Crippen molar-refractivity contribution in [2.24, 2.45) is 5.73 Å². The molecule has 1 atom stereocenters. The van der Waals surface area contributed by atoms with E-state index in [0.29, 0.717) is 16.3 Å². The van der Waals surface area contributed by atoms with Crippen LogP contribution in [0.3, 0.4) is 0 Å². The molecule has 1 aliphatic rings. The molecule has 0 saturated heterocycles. The van der Waals surface area contributed by atoms with E-state index in [2.05, 4.69) is 0 Å². The predicted molar refractivity (Wildman–Crippen MR) is 69.0 cm³/mol. The number of halogens is 1. The van der Waals surface area contributed by atoms with Gasteiger partial charge in [0.1, 0.15) is 5.75 Å². The lowest BCUT2D eigenvalue weighted by atomic mass is 10.0. The Morgan fingerprint density at radius 2 is 2.28 bits per heavy atom. The first-order valence-electron chi connectivity index (χ1n) is 5.91. The topological polar surface area (TPSA) is 72.5 Å². The quantitative estimate of drug-likeness (QED) is 0.862. The fourth-order valence-electron chi connectivity index (χ4n) is 1.81. The van der Waals surface area contributed by atoms with E-state index in [0.717, 1.165) is 18.4 Å². The van der Waals surface area contributed by atoms with Gasteiger partial charge in [-0.2, -0.15) is 0 Å². The molecule has 0 spiro atoms. The summed E-state index contributed by atoms with van der Waals surface area (Å²) >= 11 is 6.16. The van der Waals surface area contributed by atoms with Crippen LogP contribution in [0.4, 0.5) is 0 Å². The van der Waals surface area contributed by atoms with Gasteiger partial charge in [-0.05, 0) is 31.4 Å². The number of aryl methyl sites for hydroxylation is 1. The van der Waals surface area contributed by atoms with Crippen molar-refractivity contribution in [2.75, 3.05) is 0 Å². The Kier molecular flexibility index (Phi) is 3.78. The van der Waals surface area contributed by atoms with Crippen LogP contribution in [0.25, 0.3) is 0 Å². The lowest BCUT2D eigenvalue weighted by molar-refractivity contribution is -0.137. The Balaban J connectivity index is 2.32. The molecule has 0 bridgehead atoms. The van der Waals surface area contributed by atoms with E-state index >= 15 is 0 Å².